The summed E-state index contributed by atoms with van der Waals surface area (Å²) in [5.74, 6) is 0.633. The number of carbonyl (C=O) groups is 1. The number of nitrogens with one attached hydrogen (secondary N) is 1. The van der Waals surface area contributed by atoms with Gasteiger partial charge in [-0.2, -0.15) is 5.10 Å². The predicted molar refractivity (Wildman–Crippen MR) is 133 cm³/mol. The molecule has 0 spiro atoms. The number of piperazine rings is 1. The second-order valence-corrected chi connectivity index (χ2v) is 8.70. The Hall–Kier alpha value is -2.65. The van der Waals surface area contributed by atoms with Gasteiger partial charge in [0.1, 0.15) is 11.6 Å². The van der Waals surface area contributed by atoms with E-state index in [0.29, 0.717) is 31.9 Å². The zero-order chi connectivity index (χ0) is 24.5. The average molecular weight is 475 g/mol. The third-order valence-corrected chi connectivity index (χ3v) is 6.34. The number of benzene rings is 1. The van der Waals surface area contributed by atoms with Crippen LogP contribution in [-0.4, -0.2) is 85.1 Å². The standard InChI is InChI=1S/C25H39FN6O2/c1-5-7-11-27-25(33)31(16-17-34-4)19-23-20(3)28-32(22-10-8-9-21(26)18-22)24(23)30-14-12-29(6-2)13-15-30/h8-10,18H,5-7,11-17,19H2,1-4H3,(H,27,33). The lowest BCUT2D eigenvalue weighted by molar-refractivity contribution is 0.146. The van der Waals surface area contributed by atoms with Crippen LogP contribution in [-0.2, 0) is 11.3 Å². The Morgan fingerprint density at radius 2 is 2.00 bits per heavy atom. The van der Waals surface area contributed by atoms with Gasteiger partial charge in [0.05, 0.1) is 24.5 Å². The second kappa shape index (κ2) is 12.7. The number of carbonyl (C=O) groups excluding carboxylic acids is 1. The number of amides is 2. The third kappa shape index (κ3) is 6.48. The van der Waals surface area contributed by atoms with E-state index in [1.807, 2.05) is 17.7 Å². The highest BCUT2D eigenvalue weighted by atomic mass is 19.1. The molecule has 2 amide bonds. The summed E-state index contributed by atoms with van der Waals surface area (Å²) in [4.78, 5) is 19.5. The number of aromatic nitrogens is 2. The number of halogens is 1. The predicted octanol–water partition coefficient (Wildman–Crippen LogP) is 3.42. The van der Waals surface area contributed by atoms with E-state index < -0.39 is 0 Å². The molecule has 1 N–H and O–H groups in total. The largest absolute Gasteiger partial charge is 0.383 e. The maximum absolute atomic E-state index is 14.1. The maximum Gasteiger partial charge on any atom is 0.317 e. The Morgan fingerprint density at radius 1 is 1.24 bits per heavy atom. The number of hydrogen-bond acceptors (Lipinski definition) is 5. The van der Waals surface area contributed by atoms with Gasteiger partial charge in [-0.1, -0.05) is 26.3 Å². The van der Waals surface area contributed by atoms with E-state index in [0.717, 1.165) is 62.6 Å². The van der Waals surface area contributed by atoms with E-state index >= 15 is 0 Å². The molecule has 0 radical (unpaired) electrons. The van der Waals surface area contributed by atoms with Gasteiger partial charge in [0.2, 0.25) is 0 Å². The van der Waals surface area contributed by atoms with Gasteiger partial charge in [0.15, 0.2) is 0 Å². The Labute approximate surface area is 202 Å². The molecule has 9 heteroatoms. The number of methoxy groups -OCH3 is 1. The van der Waals surface area contributed by atoms with Crippen LogP contribution in [0.25, 0.3) is 5.69 Å². The quantitative estimate of drug-likeness (QED) is 0.506. The first-order valence-corrected chi connectivity index (χ1v) is 12.3. The van der Waals surface area contributed by atoms with Crippen molar-refractivity contribution in [2.24, 2.45) is 0 Å². The molecule has 1 aromatic carbocycles. The van der Waals surface area contributed by atoms with Gasteiger partial charge in [-0.25, -0.2) is 13.9 Å². The lowest BCUT2D eigenvalue weighted by Crippen LogP contribution is -2.47. The molecule has 1 aliphatic heterocycles. The first-order chi connectivity index (χ1) is 16.5. The third-order valence-electron chi connectivity index (χ3n) is 6.34. The number of urea groups is 1. The Morgan fingerprint density at radius 3 is 2.65 bits per heavy atom. The van der Waals surface area contributed by atoms with E-state index in [1.165, 1.54) is 12.1 Å². The lowest BCUT2D eigenvalue weighted by atomic mass is 10.2. The van der Waals surface area contributed by atoms with Crippen LogP contribution >= 0.6 is 0 Å². The molecule has 1 saturated heterocycles. The molecule has 0 atom stereocenters. The SMILES string of the molecule is CCCCNC(=O)N(CCOC)Cc1c(C)nn(-c2cccc(F)c2)c1N1CCN(CC)CC1. The van der Waals surface area contributed by atoms with Crippen molar-refractivity contribution in [2.45, 2.75) is 40.2 Å². The van der Waals surface area contributed by atoms with Crippen LogP contribution in [0.1, 0.15) is 37.9 Å². The Kier molecular flexibility index (Phi) is 9.71. The normalized spacial score (nSPS) is 14.4. The summed E-state index contributed by atoms with van der Waals surface area (Å²) in [7, 11) is 1.64. The van der Waals surface area contributed by atoms with Crippen molar-refractivity contribution >= 4 is 11.8 Å². The summed E-state index contributed by atoms with van der Waals surface area (Å²) in [6.45, 7) is 12.8. The van der Waals surface area contributed by atoms with E-state index in [1.54, 1.807) is 18.1 Å². The fraction of sp³-hybridized carbons (Fsp3) is 0.600. The topological polar surface area (TPSA) is 65.9 Å². The molecule has 0 aliphatic carbocycles. The van der Waals surface area contributed by atoms with Crippen molar-refractivity contribution in [3.8, 4) is 5.69 Å². The van der Waals surface area contributed by atoms with Crippen molar-refractivity contribution in [3.05, 3.63) is 41.3 Å². The molecule has 1 fully saturated rings. The van der Waals surface area contributed by atoms with Gasteiger partial charge in [0, 0.05) is 51.9 Å². The zero-order valence-corrected chi connectivity index (χ0v) is 21.0. The van der Waals surface area contributed by atoms with E-state index in [9.17, 15) is 9.18 Å². The van der Waals surface area contributed by atoms with E-state index in [-0.39, 0.29) is 11.8 Å². The highest BCUT2D eigenvalue weighted by Gasteiger charge is 2.27. The second-order valence-electron chi connectivity index (χ2n) is 8.70. The molecule has 8 nitrogen and oxygen atoms in total. The van der Waals surface area contributed by atoms with Crippen molar-refractivity contribution in [1.82, 2.24) is 24.9 Å². The number of anilines is 1. The van der Waals surface area contributed by atoms with Gasteiger partial charge in [-0.15, -0.1) is 0 Å². The van der Waals surface area contributed by atoms with Crippen LogP contribution in [0.5, 0.6) is 0 Å². The number of ether oxygens (including phenoxy) is 1. The van der Waals surface area contributed by atoms with Crippen molar-refractivity contribution < 1.29 is 13.9 Å². The van der Waals surface area contributed by atoms with E-state index in [4.69, 9.17) is 9.84 Å². The summed E-state index contributed by atoms with van der Waals surface area (Å²) in [5, 5.41) is 7.83. The Balaban J connectivity index is 1.96. The monoisotopic (exact) mass is 474 g/mol. The summed E-state index contributed by atoms with van der Waals surface area (Å²) in [5.41, 5.74) is 2.50. The zero-order valence-electron chi connectivity index (χ0n) is 21.0. The van der Waals surface area contributed by atoms with Crippen LogP contribution in [0.3, 0.4) is 0 Å². The van der Waals surface area contributed by atoms with Crippen molar-refractivity contribution in [3.63, 3.8) is 0 Å². The highest BCUT2D eigenvalue weighted by molar-refractivity contribution is 5.74. The average Bonchev–Trinajstić information content (AvgIpc) is 3.17. The van der Waals surface area contributed by atoms with Crippen LogP contribution in [0.15, 0.2) is 24.3 Å². The minimum Gasteiger partial charge on any atom is -0.383 e. The van der Waals surface area contributed by atoms with Crippen LogP contribution in [0, 0.1) is 12.7 Å². The minimum absolute atomic E-state index is 0.106. The molecule has 34 heavy (non-hydrogen) atoms. The Bertz CT molecular complexity index is 926. The molecular formula is C25H39FN6O2. The van der Waals surface area contributed by atoms with Crippen LogP contribution < -0.4 is 10.2 Å². The molecule has 2 heterocycles. The summed E-state index contributed by atoms with van der Waals surface area (Å²) in [6, 6.07) is 6.40. The number of likely N-dealkylation sites (N-methyl/N-ethyl adjacent to an activating group) is 1. The molecule has 0 bridgehead atoms. The highest BCUT2D eigenvalue weighted by Crippen LogP contribution is 2.30. The number of aryl methyl sites for hydroxylation is 1. The molecule has 2 aromatic rings. The van der Waals surface area contributed by atoms with Crippen molar-refractivity contribution in [2.75, 3.05) is 64.4 Å². The molecule has 1 aliphatic rings. The van der Waals surface area contributed by atoms with Gasteiger partial charge in [-0.3, -0.25) is 0 Å². The lowest BCUT2D eigenvalue weighted by Gasteiger charge is -2.36. The maximum atomic E-state index is 14.1. The first kappa shape index (κ1) is 26.0. The number of rotatable bonds is 11. The minimum atomic E-state index is -0.300. The molecule has 3 rings (SSSR count). The van der Waals surface area contributed by atoms with Crippen LogP contribution in [0.4, 0.5) is 15.0 Å². The molecule has 0 saturated carbocycles. The number of unbranched alkanes of at least 4 members (excludes halogenated alkanes) is 1. The molecular weight excluding hydrogens is 435 g/mol. The number of nitrogens with zero attached hydrogens (tertiary/aromatic N) is 5. The summed E-state index contributed by atoms with van der Waals surface area (Å²) in [6.07, 6.45) is 1.96. The molecule has 0 unspecified atom stereocenters. The van der Waals surface area contributed by atoms with Gasteiger partial charge >= 0.3 is 6.03 Å². The van der Waals surface area contributed by atoms with Crippen molar-refractivity contribution in [1.29, 1.82) is 0 Å². The van der Waals surface area contributed by atoms with Gasteiger partial charge < -0.3 is 24.8 Å². The number of hydrogen-bond donors (Lipinski definition) is 1. The molecule has 188 valence electrons. The summed E-state index contributed by atoms with van der Waals surface area (Å²) < 4.78 is 21.2. The fourth-order valence-electron chi connectivity index (χ4n) is 4.25. The van der Waals surface area contributed by atoms with Crippen LogP contribution in [0.2, 0.25) is 0 Å². The van der Waals surface area contributed by atoms with E-state index in [2.05, 4.69) is 29.0 Å². The summed E-state index contributed by atoms with van der Waals surface area (Å²) >= 11 is 0. The van der Waals surface area contributed by atoms with Gasteiger partial charge in [0.25, 0.3) is 0 Å². The molecule has 1 aromatic heterocycles. The smallest absolute Gasteiger partial charge is 0.317 e. The van der Waals surface area contributed by atoms with Gasteiger partial charge in [-0.05, 0) is 38.1 Å². The fourth-order valence-corrected chi connectivity index (χ4v) is 4.25. The first-order valence-electron chi connectivity index (χ1n) is 12.3.